The second-order valence-corrected chi connectivity index (χ2v) is 3.47. The molecule has 76 valence electrons. The van der Waals surface area contributed by atoms with Crippen molar-refractivity contribution in [1.29, 1.82) is 0 Å². The van der Waals surface area contributed by atoms with Gasteiger partial charge in [0.15, 0.2) is 5.78 Å². The number of piperidine rings is 1. The number of hydrogen-bond donors (Lipinski definition) is 1. The van der Waals surface area contributed by atoms with Crippen LogP contribution < -0.4 is 5.32 Å². The van der Waals surface area contributed by atoms with Crippen LogP contribution in [0.4, 0.5) is 0 Å². The first-order valence-electron chi connectivity index (χ1n) is 4.99. The average molecular weight is 191 g/mol. The molecule has 1 rings (SSSR count). The summed E-state index contributed by atoms with van der Waals surface area (Å²) in [6.45, 7) is 9.04. The predicted octanol–water partition coefficient (Wildman–Crippen LogP) is 1.85. The molecule has 0 aliphatic carbocycles. The minimum atomic E-state index is 0.118. The van der Waals surface area contributed by atoms with E-state index in [-0.39, 0.29) is 11.7 Å². The highest BCUT2D eigenvalue weighted by atomic mass is 16.1. The number of carbonyl (C=O) groups is 1. The average Bonchev–Trinajstić information content (AvgIpc) is 2.26. The summed E-state index contributed by atoms with van der Waals surface area (Å²) in [5.74, 6) is 0.306. The first kappa shape index (κ1) is 10.9. The molecule has 1 fully saturated rings. The van der Waals surface area contributed by atoms with Gasteiger partial charge in [0.2, 0.25) is 0 Å². The molecule has 0 bridgehead atoms. The van der Waals surface area contributed by atoms with Gasteiger partial charge in [-0.25, -0.2) is 0 Å². The maximum Gasteiger partial charge on any atom is 0.167 e. The molecule has 1 heterocycles. The summed E-state index contributed by atoms with van der Waals surface area (Å²) >= 11 is 0. The van der Waals surface area contributed by atoms with Gasteiger partial charge in [-0.3, -0.25) is 4.79 Å². The quantitative estimate of drug-likeness (QED) is 0.543. The fraction of sp³-hybridized carbons (Fsp3) is 0.417. The molecule has 0 saturated carbocycles. The molecule has 2 heteroatoms. The number of ketones is 1. The van der Waals surface area contributed by atoms with Gasteiger partial charge >= 0.3 is 0 Å². The third-order valence-corrected chi connectivity index (χ3v) is 2.47. The van der Waals surface area contributed by atoms with Crippen LogP contribution in [0, 0.1) is 5.92 Å². The van der Waals surface area contributed by atoms with E-state index in [0.717, 1.165) is 25.9 Å². The Bertz CT molecular complexity index is 259. The second kappa shape index (κ2) is 5.55. The summed E-state index contributed by atoms with van der Waals surface area (Å²) in [5.41, 5.74) is 0.675. The molecule has 0 aromatic heterocycles. The van der Waals surface area contributed by atoms with Crippen LogP contribution >= 0.6 is 0 Å². The van der Waals surface area contributed by atoms with Crippen molar-refractivity contribution in [2.24, 2.45) is 5.92 Å². The number of Topliss-reactive ketones (excluding diaryl/α,β-unsaturated/α-hetero) is 1. The zero-order valence-corrected chi connectivity index (χ0v) is 8.46. The number of carbonyl (C=O) groups excluding carboxylic acids is 1. The highest BCUT2D eigenvalue weighted by molar-refractivity contribution is 6.00. The molecule has 2 nitrogen and oxygen atoms in total. The van der Waals surface area contributed by atoms with Crippen molar-refractivity contribution in [3.63, 3.8) is 0 Å². The van der Waals surface area contributed by atoms with Gasteiger partial charge in [0.1, 0.15) is 0 Å². The number of hydrogen-bond acceptors (Lipinski definition) is 2. The van der Waals surface area contributed by atoms with Gasteiger partial charge in [0, 0.05) is 18.0 Å². The summed E-state index contributed by atoms with van der Waals surface area (Å²) < 4.78 is 0. The second-order valence-electron chi connectivity index (χ2n) is 3.47. The largest absolute Gasteiger partial charge is 0.316 e. The summed E-state index contributed by atoms with van der Waals surface area (Å²) in [5, 5.41) is 3.23. The van der Waals surface area contributed by atoms with Crippen molar-refractivity contribution in [1.82, 2.24) is 5.32 Å². The van der Waals surface area contributed by atoms with Crippen LogP contribution in [0.15, 0.2) is 37.0 Å². The lowest BCUT2D eigenvalue weighted by Gasteiger charge is -2.21. The summed E-state index contributed by atoms with van der Waals surface area (Å²) in [6.07, 6.45) is 7.02. The van der Waals surface area contributed by atoms with Gasteiger partial charge in [0.25, 0.3) is 0 Å². The van der Waals surface area contributed by atoms with E-state index in [1.807, 2.05) is 0 Å². The Morgan fingerprint density at radius 3 is 2.71 bits per heavy atom. The number of allylic oxidation sites excluding steroid dienone is 4. The maximum absolute atomic E-state index is 11.9. The summed E-state index contributed by atoms with van der Waals surface area (Å²) in [4.78, 5) is 11.9. The molecule has 1 aliphatic rings. The smallest absolute Gasteiger partial charge is 0.167 e. The molecule has 1 aliphatic heterocycles. The van der Waals surface area contributed by atoms with E-state index in [2.05, 4.69) is 18.5 Å². The van der Waals surface area contributed by atoms with E-state index >= 15 is 0 Å². The molecular formula is C12H17NO. The van der Waals surface area contributed by atoms with E-state index in [4.69, 9.17) is 0 Å². The molecule has 1 N–H and O–H groups in total. The predicted molar refractivity (Wildman–Crippen MR) is 59.1 cm³/mol. The minimum Gasteiger partial charge on any atom is -0.316 e. The molecular weight excluding hydrogens is 174 g/mol. The molecule has 14 heavy (non-hydrogen) atoms. The van der Waals surface area contributed by atoms with E-state index in [9.17, 15) is 4.79 Å². The van der Waals surface area contributed by atoms with Crippen molar-refractivity contribution in [3.8, 4) is 0 Å². The monoisotopic (exact) mass is 191 g/mol. The van der Waals surface area contributed by atoms with E-state index in [0.29, 0.717) is 5.57 Å². The third kappa shape index (κ3) is 2.67. The van der Waals surface area contributed by atoms with E-state index in [1.54, 1.807) is 18.2 Å². The Morgan fingerprint density at radius 2 is 2.21 bits per heavy atom. The summed E-state index contributed by atoms with van der Waals surface area (Å²) in [6, 6.07) is 0. The molecule has 1 atom stereocenters. The first-order chi connectivity index (χ1) is 6.79. The van der Waals surface area contributed by atoms with Crippen LogP contribution in [0.1, 0.15) is 12.8 Å². The standard InChI is InChI=1S/C12H17NO/c1-3-6-10(4-2)12(14)11-7-5-8-13-9-11/h3-4,6,11,13H,1-2,5,7-9H2/b10-6+/t11-/m1/s1. The van der Waals surface area contributed by atoms with Gasteiger partial charge < -0.3 is 5.32 Å². The van der Waals surface area contributed by atoms with Crippen LogP contribution in [0.5, 0.6) is 0 Å². The Hall–Kier alpha value is -1.15. The Balaban J connectivity index is 2.65. The SMILES string of the molecule is C=C/C=C(\C=C)C(=O)[C@@H]1CCCNC1. The van der Waals surface area contributed by atoms with Crippen LogP contribution in [-0.2, 0) is 4.79 Å². The Kier molecular flexibility index (Phi) is 4.33. The highest BCUT2D eigenvalue weighted by Gasteiger charge is 2.21. The molecule has 0 aromatic rings. The van der Waals surface area contributed by atoms with Crippen molar-refractivity contribution in [2.75, 3.05) is 13.1 Å². The lowest BCUT2D eigenvalue weighted by molar-refractivity contribution is -0.119. The lowest BCUT2D eigenvalue weighted by atomic mass is 9.90. The van der Waals surface area contributed by atoms with E-state index in [1.165, 1.54) is 0 Å². The zero-order chi connectivity index (χ0) is 10.4. The van der Waals surface area contributed by atoms with Crippen molar-refractivity contribution < 1.29 is 4.79 Å². The molecule has 0 spiro atoms. The number of rotatable bonds is 4. The van der Waals surface area contributed by atoms with Gasteiger partial charge in [-0.2, -0.15) is 0 Å². The third-order valence-electron chi connectivity index (χ3n) is 2.47. The van der Waals surface area contributed by atoms with Gasteiger partial charge in [-0.1, -0.05) is 31.4 Å². The number of nitrogens with one attached hydrogen (secondary N) is 1. The fourth-order valence-corrected chi connectivity index (χ4v) is 1.69. The molecule has 0 unspecified atom stereocenters. The zero-order valence-electron chi connectivity index (χ0n) is 8.46. The van der Waals surface area contributed by atoms with Crippen LogP contribution in [-0.4, -0.2) is 18.9 Å². The lowest BCUT2D eigenvalue weighted by Crippen LogP contribution is -2.34. The maximum atomic E-state index is 11.9. The van der Waals surface area contributed by atoms with Gasteiger partial charge in [0.05, 0.1) is 0 Å². The minimum absolute atomic E-state index is 0.118. The Morgan fingerprint density at radius 1 is 1.43 bits per heavy atom. The highest BCUT2D eigenvalue weighted by Crippen LogP contribution is 2.16. The molecule has 0 radical (unpaired) electrons. The molecule has 1 saturated heterocycles. The topological polar surface area (TPSA) is 29.1 Å². The Labute approximate surface area is 85.4 Å². The fourth-order valence-electron chi connectivity index (χ4n) is 1.69. The summed E-state index contributed by atoms with van der Waals surface area (Å²) in [7, 11) is 0. The molecule has 0 amide bonds. The van der Waals surface area contributed by atoms with Gasteiger partial charge in [-0.05, 0) is 19.4 Å². The van der Waals surface area contributed by atoms with Crippen molar-refractivity contribution in [2.45, 2.75) is 12.8 Å². The van der Waals surface area contributed by atoms with Gasteiger partial charge in [-0.15, -0.1) is 0 Å². The molecule has 0 aromatic carbocycles. The van der Waals surface area contributed by atoms with E-state index < -0.39 is 0 Å². The first-order valence-corrected chi connectivity index (χ1v) is 4.99. The van der Waals surface area contributed by atoms with Crippen LogP contribution in [0.2, 0.25) is 0 Å². The normalized spacial score (nSPS) is 22.9. The van der Waals surface area contributed by atoms with Crippen LogP contribution in [0.25, 0.3) is 0 Å². The van der Waals surface area contributed by atoms with Crippen molar-refractivity contribution >= 4 is 5.78 Å². The van der Waals surface area contributed by atoms with Crippen LogP contribution in [0.3, 0.4) is 0 Å². The van der Waals surface area contributed by atoms with Crippen molar-refractivity contribution in [3.05, 3.63) is 37.0 Å².